The second-order valence-electron chi connectivity index (χ2n) is 13.7. The number of nitrogens with two attached hydrogens (primary N) is 1. The molecule has 6 N–H and O–H groups in total. The third kappa shape index (κ3) is 5.07. The van der Waals surface area contributed by atoms with Crippen LogP contribution in [0.25, 0.3) is 0 Å². The molecule has 39 heavy (non-hydrogen) atoms. The summed E-state index contributed by atoms with van der Waals surface area (Å²) in [5.41, 5.74) is 0.140. The van der Waals surface area contributed by atoms with Crippen LogP contribution in [0.2, 0.25) is 0 Å². The molecule has 0 spiro atoms. The number of fused-ring (bicyclic) bond motifs is 5. The van der Waals surface area contributed by atoms with Gasteiger partial charge in [-0.05, 0) is 116 Å². The molecule has 1 aromatic rings. The first-order valence-electron chi connectivity index (χ1n) is 14.7. The number of anilines is 1. The number of carbonyl (C=O) groups excluding carboxylic acids is 1. The highest BCUT2D eigenvalue weighted by Gasteiger charge is 2.65. The van der Waals surface area contributed by atoms with Gasteiger partial charge in [0.05, 0.1) is 23.2 Å². The van der Waals surface area contributed by atoms with Gasteiger partial charge >= 0.3 is 0 Å². The predicted octanol–water partition coefficient (Wildman–Crippen LogP) is 3.65. The van der Waals surface area contributed by atoms with Gasteiger partial charge in [-0.2, -0.15) is 0 Å². The molecule has 218 valence electrons. The quantitative estimate of drug-likeness (QED) is 0.357. The molecule has 11 atom stereocenters. The molecule has 4 aliphatic rings. The van der Waals surface area contributed by atoms with E-state index in [2.05, 4.69) is 26.1 Å². The zero-order valence-corrected chi connectivity index (χ0v) is 24.2. The standard InChI is InChI=1S/C30H46N2O6S/c1-17(7-10-27(36)32-19-5-4-6-21(15-19)39(31,37)38)22-8-9-23-28-24(16-26(35)30(22,23)3)29(2)12-11-20(33)13-18(29)14-25(28)34/h4-6,15,17-18,20,22-26,28,33-35H,7-14,16H2,1-3H3,(H,32,36)(H2,31,37,38)/t17-,18+,20-,22-,23+,24+,25-,26+,28+,29+,30-/m1/s1. The van der Waals surface area contributed by atoms with Crippen molar-refractivity contribution in [2.75, 3.05) is 5.32 Å². The zero-order chi connectivity index (χ0) is 28.3. The molecule has 8 nitrogen and oxygen atoms in total. The number of hydrogen-bond donors (Lipinski definition) is 5. The Morgan fingerprint density at radius 3 is 2.56 bits per heavy atom. The normalized spacial score (nSPS) is 42.6. The van der Waals surface area contributed by atoms with Crippen LogP contribution in [0.5, 0.6) is 0 Å². The number of carbonyl (C=O) groups is 1. The number of amides is 1. The number of primary sulfonamides is 1. The Morgan fingerprint density at radius 1 is 1.10 bits per heavy atom. The van der Waals surface area contributed by atoms with E-state index in [-0.39, 0.29) is 57.3 Å². The van der Waals surface area contributed by atoms with Crippen molar-refractivity contribution >= 4 is 21.6 Å². The van der Waals surface area contributed by atoms with Crippen molar-refractivity contribution in [3.63, 3.8) is 0 Å². The lowest BCUT2D eigenvalue weighted by atomic mass is 9.43. The third-order valence-corrected chi connectivity index (χ3v) is 12.7. The molecule has 0 aromatic heterocycles. The molecule has 0 saturated heterocycles. The van der Waals surface area contributed by atoms with Gasteiger partial charge in [0.25, 0.3) is 0 Å². The SMILES string of the molecule is C[C@H](CCC(=O)Nc1cccc(S(N)(=O)=O)c1)[C@H]1CC[C@H]2[C@@H]3[C@H](O)C[C@@H]4C[C@H](O)CC[C@]4(C)[C@H]3C[C@H](O)[C@]12C. The molecule has 0 aliphatic heterocycles. The van der Waals surface area contributed by atoms with Crippen LogP contribution in [0.1, 0.15) is 78.6 Å². The Bertz CT molecular complexity index is 1190. The summed E-state index contributed by atoms with van der Waals surface area (Å²) in [5, 5.41) is 41.5. The number of hydrogen-bond acceptors (Lipinski definition) is 6. The van der Waals surface area contributed by atoms with Crippen molar-refractivity contribution in [2.45, 2.75) is 102 Å². The summed E-state index contributed by atoms with van der Waals surface area (Å²) in [5.74, 6) is 1.26. The van der Waals surface area contributed by atoms with E-state index < -0.39 is 22.2 Å². The van der Waals surface area contributed by atoms with E-state index in [1.807, 2.05) is 0 Å². The number of aliphatic hydroxyl groups is 3. The summed E-state index contributed by atoms with van der Waals surface area (Å²) in [6, 6.07) is 5.95. The highest BCUT2D eigenvalue weighted by atomic mass is 32.2. The smallest absolute Gasteiger partial charge is 0.238 e. The Labute approximate surface area is 232 Å². The fourth-order valence-corrected chi connectivity index (χ4v) is 10.2. The van der Waals surface area contributed by atoms with Gasteiger partial charge in [0.1, 0.15) is 0 Å². The summed E-state index contributed by atoms with van der Waals surface area (Å²) < 4.78 is 23.3. The highest BCUT2D eigenvalue weighted by molar-refractivity contribution is 7.89. The molecule has 1 amide bonds. The van der Waals surface area contributed by atoms with E-state index in [0.717, 1.165) is 38.5 Å². The van der Waals surface area contributed by atoms with Crippen LogP contribution in [0, 0.1) is 46.3 Å². The number of aliphatic hydroxyl groups excluding tert-OH is 3. The summed E-state index contributed by atoms with van der Waals surface area (Å²) in [6.45, 7) is 6.73. The summed E-state index contributed by atoms with van der Waals surface area (Å²) in [6.07, 6.45) is 5.73. The number of nitrogens with one attached hydrogen (secondary N) is 1. The fraction of sp³-hybridized carbons (Fsp3) is 0.767. The maximum atomic E-state index is 12.8. The van der Waals surface area contributed by atoms with Crippen LogP contribution in [0.15, 0.2) is 29.2 Å². The van der Waals surface area contributed by atoms with Crippen molar-refractivity contribution in [3.8, 4) is 0 Å². The summed E-state index contributed by atoms with van der Waals surface area (Å²) in [7, 11) is -3.85. The molecule has 4 aliphatic carbocycles. The maximum Gasteiger partial charge on any atom is 0.238 e. The Kier molecular flexibility index (Phi) is 7.72. The number of benzene rings is 1. The van der Waals surface area contributed by atoms with E-state index in [4.69, 9.17) is 5.14 Å². The lowest BCUT2D eigenvalue weighted by Crippen LogP contribution is -2.62. The topological polar surface area (TPSA) is 150 Å². The van der Waals surface area contributed by atoms with E-state index in [9.17, 15) is 28.5 Å². The van der Waals surface area contributed by atoms with Crippen molar-refractivity contribution in [1.29, 1.82) is 0 Å². The van der Waals surface area contributed by atoms with Crippen LogP contribution in [0.4, 0.5) is 5.69 Å². The molecular weight excluding hydrogens is 516 g/mol. The second-order valence-corrected chi connectivity index (χ2v) is 15.2. The number of sulfonamides is 1. The van der Waals surface area contributed by atoms with Crippen LogP contribution in [-0.2, 0) is 14.8 Å². The molecule has 9 heteroatoms. The third-order valence-electron chi connectivity index (χ3n) is 11.8. The summed E-state index contributed by atoms with van der Waals surface area (Å²) in [4.78, 5) is 12.7. The zero-order valence-electron chi connectivity index (χ0n) is 23.4. The van der Waals surface area contributed by atoms with Gasteiger partial charge in [0.15, 0.2) is 0 Å². The minimum Gasteiger partial charge on any atom is -0.393 e. The van der Waals surface area contributed by atoms with Crippen LogP contribution >= 0.6 is 0 Å². The molecular formula is C30H46N2O6S. The van der Waals surface area contributed by atoms with Gasteiger partial charge in [0, 0.05) is 12.1 Å². The molecule has 0 radical (unpaired) electrons. The van der Waals surface area contributed by atoms with Gasteiger partial charge in [-0.1, -0.05) is 26.8 Å². The van der Waals surface area contributed by atoms with Crippen LogP contribution < -0.4 is 10.5 Å². The largest absolute Gasteiger partial charge is 0.393 e. The fourth-order valence-electron chi connectivity index (χ4n) is 9.67. The molecule has 1 aromatic carbocycles. The average molecular weight is 563 g/mol. The monoisotopic (exact) mass is 562 g/mol. The Balaban J connectivity index is 1.26. The highest BCUT2D eigenvalue weighted by Crippen LogP contribution is 2.68. The number of rotatable bonds is 6. The minimum absolute atomic E-state index is 0.0438. The van der Waals surface area contributed by atoms with Gasteiger partial charge in [-0.15, -0.1) is 0 Å². The van der Waals surface area contributed by atoms with Gasteiger partial charge in [0.2, 0.25) is 15.9 Å². The van der Waals surface area contributed by atoms with Crippen molar-refractivity contribution in [1.82, 2.24) is 0 Å². The first kappa shape index (κ1) is 29.0. The first-order valence-corrected chi connectivity index (χ1v) is 16.3. The van der Waals surface area contributed by atoms with Gasteiger partial charge < -0.3 is 20.6 Å². The molecule has 0 bridgehead atoms. The second kappa shape index (κ2) is 10.4. The van der Waals surface area contributed by atoms with E-state index in [1.165, 1.54) is 12.1 Å². The lowest BCUT2D eigenvalue weighted by molar-refractivity contribution is -0.207. The lowest BCUT2D eigenvalue weighted by Gasteiger charge is -2.63. The maximum absolute atomic E-state index is 12.8. The molecule has 4 fully saturated rings. The predicted molar refractivity (Wildman–Crippen MR) is 149 cm³/mol. The summed E-state index contributed by atoms with van der Waals surface area (Å²) >= 11 is 0. The van der Waals surface area contributed by atoms with E-state index >= 15 is 0 Å². The van der Waals surface area contributed by atoms with Crippen LogP contribution in [0.3, 0.4) is 0 Å². The van der Waals surface area contributed by atoms with Crippen molar-refractivity contribution in [3.05, 3.63) is 24.3 Å². The van der Waals surface area contributed by atoms with Gasteiger partial charge in [-0.25, -0.2) is 13.6 Å². The molecule has 0 heterocycles. The van der Waals surface area contributed by atoms with E-state index in [0.29, 0.717) is 30.9 Å². The van der Waals surface area contributed by atoms with Crippen molar-refractivity contribution < 1.29 is 28.5 Å². The van der Waals surface area contributed by atoms with E-state index in [1.54, 1.807) is 12.1 Å². The minimum atomic E-state index is -3.85. The molecule has 4 saturated carbocycles. The average Bonchev–Trinajstić information content (AvgIpc) is 3.22. The molecule has 0 unspecified atom stereocenters. The Morgan fingerprint density at radius 2 is 1.85 bits per heavy atom. The Hall–Kier alpha value is -1.52. The van der Waals surface area contributed by atoms with Crippen molar-refractivity contribution in [2.24, 2.45) is 51.5 Å². The first-order chi connectivity index (χ1) is 18.2. The molecule has 5 rings (SSSR count). The van der Waals surface area contributed by atoms with Crippen LogP contribution in [-0.4, -0.2) is 48.0 Å². The van der Waals surface area contributed by atoms with Gasteiger partial charge in [-0.3, -0.25) is 4.79 Å².